The van der Waals surface area contributed by atoms with Gasteiger partial charge in [0.05, 0.1) is 5.54 Å². The molecular formula is C14H17Cl2NO5. The Morgan fingerprint density at radius 1 is 1.14 bits per heavy atom. The third kappa shape index (κ3) is 6.01. The van der Waals surface area contributed by atoms with Gasteiger partial charge >= 0.3 is 11.9 Å². The van der Waals surface area contributed by atoms with Crippen molar-refractivity contribution >= 4 is 41.2 Å². The molecule has 1 atom stereocenters. The van der Waals surface area contributed by atoms with Crippen LogP contribution in [0.2, 0.25) is 0 Å². The smallest absolute Gasteiger partial charge is 0.308 e. The Kier molecular flexibility index (Phi) is 7.52. The molecule has 0 aliphatic heterocycles. The zero-order chi connectivity index (χ0) is 16.2. The molecule has 0 unspecified atom stereocenters. The summed E-state index contributed by atoms with van der Waals surface area (Å²) in [5.41, 5.74) is 5.15. The van der Waals surface area contributed by atoms with E-state index >= 15 is 0 Å². The first-order chi connectivity index (χ1) is 9.61. The first-order valence-corrected chi connectivity index (χ1v) is 6.48. The van der Waals surface area contributed by atoms with E-state index in [1.165, 1.54) is 32.9 Å². The highest BCUT2D eigenvalue weighted by Gasteiger charge is 2.27. The Morgan fingerprint density at radius 2 is 1.64 bits per heavy atom. The molecule has 0 aliphatic rings. The molecule has 0 fully saturated rings. The molecule has 1 aromatic rings. The van der Waals surface area contributed by atoms with E-state index in [0.29, 0.717) is 5.56 Å². The van der Waals surface area contributed by atoms with Crippen LogP contribution >= 0.6 is 24.0 Å². The number of benzene rings is 1. The summed E-state index contributed by atoms with van der Waals surface area (Å²) in [6.45, 7) is 3.95. The lowest BCUT2D eigenvalue weighted by Gasteiger charge is -2.20. The van der Waals surface area contributed by atoms with Gasteiger partial charge in [0.1, 0.15) is 0 Å². The Bertz CT molecular complexity index is 587. The SMILES string of the molecule is CC(=O)Oc1ccc(C[C@](C)(N)C(=O)Cl)cc1OC(C)=O.Cl. The van der Waals surface area contributed by atoms with Crippen molar-refractivity contribution in [3.8, 4) is 11.5 Å². The van der Waals surface area contributed by atoms with Gasteiger partial charge in [-0.25, -0.2) is 0 Å². The van der Waals surface area contributed by atoms with Crippen molar-refractivity contribution in [2.45, 2.75) is 32.7 Å². The molecule has 22 heavy (non-hydrogen) atoms. The lowest BCUT2D eigenvalue weighted by Crippen LogP contribution is -2.44. The van der Waals surface area contributed by atoms with Crippen LogP contribution in [-0.2, 0) is 20.8 Å². The minimum absolute atomic E-state index is 0. The molecule has 0 spiro atoms. The fourth-order valence-electron chi connectivity index (χ4n) is 1.63. The molecule has 0 saturated heterocycles. The summed E-state index contributed by atoms with van der Waals surface area (Å²) in [5, 5.41) is -0.680. The van der Waals surface area contributed by atoms with E-state index in [9.17, 15) is 14.4 Å². The van der Waals surface area contributed by atoms with Crippen molar-refractivity contribution in [1.82, 2.24) is 0 Å². The Hall–Kier alpha value is -1.63. The lowest BCUT2D eigenvalue weighted by atomic mass is 9.95. The van der Waals surface area contributed by atoms with Crippen LogP contribution < -0.4 is 15.2 Å². The monoisotopic (exact) mass is 349 g/mol. The van der Waals surface area contributed by atoms with Crippen LogP contribution in [0.3, 0.4) is 0 Å². The number of esters is 2. The highest BCUT2D eigenvalue weighted by Crippen LogP contribution is 2.30. The van der Waals surface area contributed by atoms with E-state index in [1.807, 2.05) is 0 Å². The summed E-state index contributed by atoms with van der Waals surface area (Å²) in [5.74, 6) is -0.925. The van der Waals surface area contributed by atoms with Crippen LogP contribution in [-0.4, -0.2) is 22.7 Å². The summed E-state index contributed by atoms with van der Waals surface area (Å²) in [7, 11) is 0. The topological polar surface area (TPSA) is 95.7 Å². The van der Waals surface area contributed by atoms with Crippen molar-refractivity contribution in [3.63, 3.8) is 0 Å². The van der Waals surface area contributed by atoms with Gasteiger partial charge in [-0.3, -0.25) is 14.4 Å². The van der Waals surface area contributed by atoms with Crippen molar-refractivity contribution in [2.75, 3.05) is 0 Å². The van der Waals surface area contributed by atoms with Crippen LogP contribution in [0, 0.1) is 0 Å². The third-order valence-corrected chi connectivity index (χ3v) is 2.97. The largest absolute Gasteiger partial charge is 0.423 e. The molecule has 1 aromatic carbocycles. The van der Waals surface area contributed by atoms with Crippen LogP contribution in [0.25, 0.3) is 0 Å². The molecule has 0 bridgehead atoms. The van der Waals surface area contributed by atoms with Crippen LogP contribution in [0.5, 0.6) is 11.5 Å². The molecule has 1 rings (SSSR count). The quantitative estimate of drug-likeness (QED) is 0.496. The molecule has 6 nitrogen and oxygen atoms in total. The molecule has 122 valence electrons. The molecule has 0 aliphatic carbocycles. The average molecular weight is 350 g/mol. The van der Waals surface area contributed by atoms with Crippen LogP contribution in [0.4, 0.5) is 0 Å². The Labute approximate surface area is 139 Å². The molecule has 0 saturated carbocycles. The van der Waals surface area contributed by atoms with Gasteiger partial charge in [-0.15, -0.1) is 12.4 Å². The summed E-state index contributed by atoms with van der Waals surface area (Å²) < 4.78 is 9.93. The minimum Gasteiger partial charge on any atom is -0.423 e. The molecule has 2 N–H and O–H groups in total. The van der Waals surface area contributed by atoms with Gasteiger partial charge in [0.2, 0.25) is 5.24 Å². The van der Waals surface area contributed by atoms with Gasteiger partial charge in [-0.2, -0.15) is 0 Å². The first kappa shape index (κ1) is 20.4. The standard InChI is InChI=1S/C14H16ClNO5.ClH/c1-8(17)20-11-5-4-10(6-12(11)21-9(2)18)7-14(3,16)13(15)19;/h4-6H,7,16H2,1-3H3;1H/t14-;/m0./s1. The summed E-state index contributed by atoms with van der Waals surface area (Å²) in [4.78, 5) is 33.3. The van der Waals surface area contributed by atoms with Crippen LogP contribution in [0.15, 0.2) is 18.2 Å². The van der Waals surface area contributed by atoms with E-state index in [1.54, 1.807) is 6.07 Å². The normalized spacial score (nSPS) is 12.6. The number of hydrogen-bond acceptors (Lipinski definition) is 6. The van der Waals surface area contributed by atoms with Crippen molar-refractivity contribution < 1.29 is 23.9 Å². The van der Waals surface area contributed by atoms with E-state index in [0.717, 1.165) is 0 Å². The van der Waals surface area contributed by atoms with Gasteiger partial charge < -0.3 is 15.2 Å². The maximum absolute atomic E-state index is 11.2. The van der Waals surface area contributed by atoms with Crippen molar-refractivity contribution in [3.05, 3.63) is 23.8 Å². The summed E-state index contributed by atoms with van der Waals surface area (Å²) >= 11 is 5.42. The number of ether oxygens (including phenoxy) is 2. The number of carbonyl (C=O) groups excluding carboxylic acids is 3. The maximum Gasteiger partial charge on any atom is 0.308 e. The molecule has 0 heterocycles. The number of nitrogens with two attached hydrogens (primary N) is 1. The Balaban J connectivity index is 0.00000441. The highest BCUT2D eigenvalue weighted by atomic mass is 35.5. The fraction of sp³-hybridized carbons (Fsp3) is 0.357. The van der Waals surface area contributed by atoms with E-state index in [-0.39, 0.29) is 30.3 Å². The van der Waals surface area contributed by atoms with Gasteiger partial charge in [-0.1, -0.05) is 6.07 Å². The van der Waals surface area contributed by atoms with Gasteiger partial charge in [0.15, 0.2) is 11.5 Å². The third-order valence-electron chi connectivity index (χ3n) is 2.54. The van der Waals surface area contributed by atoms with Gasteiger partial charge in [0, 0.05) is 13.8 Å². The first-order valence-electron chi connectivity index (χ1n) is 6.10. The maximum atomic E-state index is 11.2. The van der Waals surface area contributed by atoms with Crippen molar-refractivity contribution in [1.29, 1.82) is 0 Å². The van der Waals surface area contributed by atoms with E-state index in [4.69, 9.17) is 26.8 Å². The summed E-state index contributed by atoms with van der Waals surface area (Å²) in [6.07, 6.45) is 0.143. The predicted octanol–water partition coefficient (Wildman–Crippen LogP) is 1.98. The number of carbonyl (C=O) groups is 3. The fourth-order valence-corrected chi connectivity index (χ4v) is 1.70. The zero-order valence-electron chi connectivity index (χ0n) is 12.3. The summed E-state index contributed by atoms with van der Waals surface area (Å²) in [6, 6.07) is 4.55. The number of rotatable bonds is 5. The zero-order valence-corrected chi connectivity index (χ0v) is 13.9. The molecule has 0 aromatic heterocycles. The second-order valence-corrected chi connectivity index (χ2v) is 5.18. The van der Waals surface area contributed by atoms with Crippen LogP contribution in [0.1, 0.15) is 26.3 Å². The number of halogens is 2. The highest BCUT2D eigenvalue weighted by molar-refractivity contribution is 6.65. The second kappa shape index (κ2) is 8.12. The van der Waals surface area contributed by atoms with E-state index < -0.39 is 22.7 Å². The Morgan fingerprint density at radius 3 is 2.09 bits per heavy atom. The molecule has 8 heteroatoms. The van der Waals surface area contributed by atoms with E-state index in [2.05, 4.69) is 0 Å². The number of hydrogen-bond donors (Lipinski definition) is 1. The minimum atomic E-state index is -1.25. The molecule has 0 radical (unpaired) electrons. The van der Waals surface area contributed by atoms with Gasteiger partial charge in [-0.05, 0) is 42.6 Å². The molecular weight excluding hydrogens is 333 g/mol. The van der Waals surface area contributed by atoms with Crippen molar-refractivity contribution in [2.24, 2.45) is 5.73 Å². The second-order valence-electron chi connectivity index (χ2n) is 4.84. The molecule has 0 amide bonds. The average Bonchev–Trinajstić information content (AvgIpc) is 2.30. The predicted molar refractivity (Wildman–Crippen MR) is 83.5 cm³/mol. The lowest BCUT2D eigenvalue weighted by molar-refractivity contribution is -0.134. The van der Waals surface area contributed by atoms with Gasteiger partial charge in [0.25, 0.3) is 0 Å².